The van der Waals surface area contributed by atoms with E-state index in [0.29, 0.717) is 47.1 Å². The van der Waals surface area contributed by atoms with Crippen molar-refractivity contribution in [2.24, 2.45) is 0 Å². The number of benzene rings is 2. The average molecular weight is 578 g/mol. The van der Waals surface area contributed by atoms with Gasteiger partial charge in [0.2, 0.25) is 5.91 Å². The van der Waals surface area contributed by atoms with Gasteiger partial charge in [-0.25, -0.2) is 9.37 Å². The normalized spacial score (nSPS) is 11.5. The Morgan fingerprint density at radius 1 is 1.00 bits per heavy atom. The number of amides is 1. The van der Waals surface area contributed by atoms with Crippen molar-refractivity contribution in [2.45, 2.75) is 19.8 Å². The number of likely N-dealkylation sites (N-methyl/N-ethyl adjacent to an activating group) is 1. The van der Waals surface area contributed by atoms with E-state index >= 15 is 0 Å². The number of pyridine rings is 2. The molecule has 1 amide bonds. The van der Waals surface area contributed by atoms with Gasteiger partial charge in [-0.2, -0.15) is 5.10 Å². The van der Waals surface area contributed by atoms with Crippen LogP contribution in [0, 0.1) is 5.82 Å². The van der Waals surface area contributed by atoms with Crippen LogP contribution in [0.5, 0.6) is 0 Å². The lowest BCUT2D eigenvalue weighted by Crippen LogP contribution is -2.20. The lowest BCUT2D eigenvalue weighted by Gasteiger charge is -2.13. The molecule has 0 aliphatic rings. The number of para-hydroxylation sites is 1. The van der Waals surface area contributed by atoms with Gasteiger partial charge in [-0.3, -0.25) is 19.9 Å². The summed E-state index contributed by atoms with van der Waals surface area (Å²) in [5, 5.41) is 14.6. The minimum atomic E-state index is -0.320. The monoisotopic (exact) mass is 577 g/mol. The number of fused-ring (bicyclic) bond motifs is 2. The van der Waals surface area contributed by atoms with Crippen LogP contribution in [-0.2, 0) is 4.79 Å². The van der Waals surface area contributed by atoms with Gasteiger partial charge in [0.1, 0.15) is 11.5 Å². The minimum absolute atomic E-state index is 0.0544. The molecule has 4 aromatic heterocycles. The fraction of sp³-hybridized carbons (Fsp3) is 0.219. The first-order valence-corrected chi connectivity index (χ1v) is 14.2. The molecular weight excluding hydrogens is 545 g/mol. The van der Waals surface area contributed by atoms with Crippen molar-refractivity contribution in [1.29, 1.82) is 0 Å². The molecule has 4 N–H and O–H groups in total. The zero-order valence-corrected chi connectivity index (χ0v) is 24.2. The third kappa shape index (κ3) is 6.07. The van der Waals surface area contributed by atoms with Crippen LogP contribution in [0.2, 0.25) is 0 Å². The summed E-state index contributed by atoms with van der Waals surface area (Å²) >= 11 is 0. The highest BCUT2D eigenvalue weighted by molar-refractivity contribution is 5.98. The average Bonchev–Trinajstić information content (AvgIpc) is 3.60. The number of aromatic amines is 2. The van der Waals surface area contributed by atoms with Crippen LogP contribution in [-0.4, -0.2) is 68.1 Å². The molecule has 0 spiro atoms. The van der Waals surface area contributed by atoms with Crippen LogP contribution in [0.1, 0.15) is 19.8 Å². The zero-order valence-electron chi connectivity index (χ0n) is 24.2. The molecule has 0 aliphatic heterocycles. The maximum atomic E-state index is 14.7. The van der Waals surface area contributed by atoms with E-state index in [9.17, 15) is 9.18 Å². The Bertz CT molecular complexity index is 1930. The Labute approximate surface area is 247 Å². The molecule has 2 aromatic carbocycles. The van der Waals surface area contributed by atoms with Gasteiger partial charge < -0.3 is 20.5 Å². The number of H-pyrrole nitrogens is 2. The molecule has 0 aliphatic carbocycles. The lowest BCUT2D eigenvalue weighted by molar-refractivity contribution is -0.116. The van der Waals surface area contributed by atoms with Gasteiger partial charge in [0.05, 0.1) is 40.3 Å². The Hall–Kier alpha value is -5.16. The Morgan fingerprint density at radius 2 is 1.86 bits per heavy atom. The van der Waals surface area contributed by atoms with Gasteiger partial charge in [0.15, 0.2) is 5.82 Å². The summed E-state index contributed by atoms with van der Waals surface area (Å²) in [5.74, 6) is 0.200. The molecule has 0 saturated heterocycles. The first kappa shape index (κ1) is 28.0. The Morgan fingerprint density at radius 3 is 2.70 bits per heavy atom. The van der Waals surface area contributed by atoms with Crippen molar-refractivity contribution in [3.05, 3.63) is 72.9 Å². The third-order valence-electron chi connectivity index (χ3n) is 7.08. The molecule has 0 atom stereocenters. The highest BCUT2D eigenvalue weighted by Crippen LogP contribution is 2.34. The molecule has 10 nitrogen and oxygen atoms in total. The zero-order chi connectivity index (χ0) is 29.9. The lowest BCUT2D eigenvalue weighted by atomic mass is 10.0. The summed E-state index contributed by atoms with van der Waals surface area (Å²) in [5.41, 5.74) is 7.21. The Balaban J connectivity index is 1.35. The summed E-state index contributed by atoms with van der Waals surface area (Å²) in [7, 11) is 4.00. The molecule has 43 heavy (non-hydrogen) atoms. The molecule has 6 aromatic rings. The molecule has 11 heteroatoms. The number of imidazole rings is 1. The van der Waals surface area contributed by atoms with E-state index in [1.807, 2.05) is 57.4 Å². The van der Waals surface area contributed by atoms with Crippen LogP contribution in [0.15, 0.2) is 67.1 Å². The summed E-state index contributed by atoms with van der Waals surface area (Å²) in [6, 6.07) is 14.5. The number of anilines is 2. The summed E-state index contributed by atoms with van der Waals surface area (Å²) < 4.78 is 14.7. The van der Waals surface area contributed by atoms with Crippen LogP contribution >= 0.6 is 0 Å². The summed E-state index contributed by atoms with van der Waals surface area (Å²) in [4.78, 5) is 31.4. The number of hydrogen-bond acceptors (Lipinski definition) is 7. The number of rotatable bonds is 10. The van der Waals surface area contributed by atoms with E-state index in [-0.39, 0.29) is 11.7 Å². The first-order valence-electron chi connectivity index (χ1n) is 14.2. The molecule has 4 heterocycles. The standard InChI is InChI=1S/C32H32FN9O/c1-4-6-29(43)37-23-13-20(16-34-17-23)27-15-25-28(18-36-27)40-41-31(25)32-38-26-8-5-7-24(30(26)39-32)19-11-21(33)14-22(12-19)35-9-10-42(2)3/h5,7-8,11-18,35H,4,6,9-10H2,1-3H3,(H,37,43)(H,38,39)(H,40,41). The van der Waals surface area contributed by atoms with Crippen molar-refractivity contribution in [1.82, 2.24) is 35.0 Å². The number of halogens is 1. The largest absolute Gasteiger partial charge is 0.384 e. The number of carbonyl (C=O) groups excluding carboxylic acids is 1. The molecule has 0 unspecified atom stereocenters. The topological polar surface area (TPSA) is 128 Å². The molecule has 6 rings (SSSR count). The van der Waals surface area contributed by atoms with Gasteiger partial charge in [0.25, 0.3) is 0 Å². The van der Waals surface area contributed by atoms with E-state index in [4.69, 9.17) is 4.98 Å². The van der Waals surface area contributed by atoms with Gasteiger partial charge in [-0.15, -0.1) is 0 Å². The SMILES string of the molecule is CCCC(=O)Nc1cncc(-c2cc3c(-c4nc5c(-c6cc(F)cc(NCCN(C)C)c6)cccc5[nH]4)n[nH]c3cn2)c1. The number of nitrogens with one attached hydrogen (secondary N) is 4. The van der Waals surface area contributed by atoms with Crippen LogP contribution in [0.25, 0.3) is 55.8 Å². The maximum Gasteiger partial charge on any atom is 0.224 e. The number of carbonyl (C=O) groups is 1. The highest BCUT2D eigenvalue weighted by Gasteiger charge is 2.17. The summed E-state index contributed by atoms with van der Waals surface area (Å²) in [6.45, 7) is 3.49. The van der Waals surface area contributed by atoms with E-state index < -0.39 is 0 Å². The molecule has 0 fully saturated rings. The number of aromatic nitrogens is 6. The van der Waals surface area contributed by atoms with Crippen molar-refractivity contribution < 1.29 is 9.18 Å². The third-order valence-corrected chi connectivity index (χ3v) is 7.08. The smallest absolute Gasteiger partial charge is 0.224 e. The van der Waals surface area contributed by atoms with Crippen LogP contribution in [0.3, 0.4) is 0 Å². The number of hydrogen-bond donors (Lipinski definition) is 4. The number of nitrogens with zero attached hydrogens (tertiary/aromatic N) is 5. The van der Waals surface area contributed by atoms with Crippen molar-refractivity contribution in [3.8, 4) is 33.9 Å². The summed E-state index contributed by atoms with van der Waals surface area (Å²) in [6.07, 6.45) is 6.25. The fourth-order valence-electron chi connectivity index (χ4n) is 5.00. The minimum Gasteiger partial charge on any atom is -0.384 e. The van der Waals surface area contributed by atoms with E-state index in [0.717, 1.165) is 46.1 Å². The van der Waals surface area contributed by atoms with Crippen LogP contribution in [0.4, 0.5) is 15.8 Å². The molecule has 0 radical (unpaired) electrons. The highest BCUT2D eigenvalue weighted by atomic mass is 19.1. The maximum absolute atomic E-state index is 14.7. The molecule has 0 bridgehead atoms. The first-order chi connectivity index (χ1) is 20.9. The molecular formula is C32H32FN9O. The Kier molecular flexibility index (Phi) is 7.80. The van der Waals surface area contributed by atoms with Crippen LogP contribution < -0.4 is 10.6 Å². The predicted molar refractivity (Wildman–Crippen MR) is 168 cm³/mol. The second kappa shape index (κ2) is 12.0. The fourth-order valence-corrected chi connectivity index (χ4v) is 5.00. The van der Waals surface area contributed by atoms with E-state index in [1.54, 1.807) is 18.6 Å². The molecule has 218 valence electrons. The van der Waals surface area contributed by atoms with Gasteiger partial charge in [-0.1, -0.05) is 19.1 Å². The van der Waals surface area contributed by atoms with E-state index in [2.05, 4.69) is 40.7 Å². The van der Waals surface area contributed by atoms with Crippen molar-refractivity contribution in [2.75, 3.05) is 37.8 Å². The van der Waals surface area contributed by atoms with Crippen molar-refractivity contribution in [3.63, 3.8) is 0 Å². The quantitative estimate of drug-likeness (QED) is 0.155. The van der Waals surface area contributed by atoms with Gasteiger partial charge in [0, 0.05) is 47.9 Å². The second-order valence-electron chi connectivity index (χ2n) is 10.7. The van der Waals surface area contributed by atoms with Gasteiger partial charge >= 0.3 is 0 Å². The van der Waals surface area contributed by atoms with Gasteiger partial charge in [-0.05, 0) is 62.5 Å². The molecule has 0 saturated carbocycles. The predicted octanol–water partition coefficient (Wildman–Crippen LogP) is 6.08. The second-order valence-corrected chi connectivity index (χ2v) is 10.7. The van der Waals surface area contributed by atoms with E-state index in [1.165, 1.54) is 12.1 Å². The van der Waals surface area contributed by atoms with Crippen molar-refractivity contribution >= 4 is 39.2 Å².